The van der Waals surface area contributed by atoms with Gasteiger partial charge < -0.3 is 15.7 Å². The van der Waals surface area contributed by atoms with E-state index in [1.165, 1.54) is 11.4 Å². The number of nitrogens with one attached hydrogen (secondary N) is 3. The quantitative estimate of drug-likeness (QED) is 0.167. The molecule has 32 heavy (non-hydrogen) atoms. The lowest BCUT2D eigenvalue weighted by molar-refractivity contribution is -0.496. The van der Waals surface area contributed by atoms with Crippen molar-refractivity contribution in [1.29, 1.82) is 5.41 Å². The van der Waals surface area contributed by atoms with Gasteiger partial charge in [0.2, 0.25) is 0 Å². The molecule has 12 heteroatoms. The van der Waals surface area contributed by atoms with Crippen molar-refractivity contribution in [2.75, 3.05) is 13.1 Å². The number of nitrogens with zero attached hydrogens (tertiary/aromatic N) is 1. The number of alkyl halides is 3. The highest BCUT2D eigenvalue weighted by molar-refractivity contribution is 6.22. The van der Waals surface area contributed by atoms with E-state index in [0.29, 0.717) is 5.69 Å². The fourth-order valence-corrected chi connectivity index (χ4v) is 2.37. The SMILES string of the molecule is N=C(/C(=C\[NH2+]c1ccccc1)C(=O)NCCNC(=O)c1ccc(C(=O)O)nc1)C(F)(F)F. The van der Waals surface area contributed by atoms with E-state index in [2.05, 4.69) is 15.6 Å². The van der Waals surface area contributed by atoms with Crippen LogP contribution in [0.3, 0.4) is 0 Å². The summed E-state index contributed by atoms with van der Waals surface area (Å²) in [6.45, 7) is -0.334. The Bertz CT molecular complexity index is 1020. The number of carboxylic acid groups (broad SMARTS) is 1. The first-order chi connectivity index (χ1) is 15.1. The van der Waals surface area contributed by atoms with Gasteiger partial charge in [0.1, 0.15) is 23.2 Å². The van der Waals surface area contributed by atoms with Crippen LogP contribution in [0.1, 0.15) is 20.8 Å². The topological polar surface area (TPSA) is 149 Å². The number of halogens is 3. The maximum Gasteiger partial charge on any atom is 0.433 e. The van der Waals surface area contributed by atoms with Crippen molar-refractivity contribution < 1.29 is 38.0 Å². The number of aromatic carboxylic acids is 1. The van der Waals surface area contributed by atoms with Crippen LogP contribution >= 0.6 is 0 Å². The number of carbonyl (C=O) groups excluding carboxylic acids is 2. The minimum absolute atomic E-state index is 0.0678. The van der Waals surface area contributed by atoms with Gasteiger partial charge in [-0.25, -0.2) is 9.78 Å². The lowest BCUT2D eigenvalue weighted by atomic mass is 10.1. The Labute approximate surface area is 179 Å². The number of amides is 2. The van der Waals surface area contributed by atoms with E-state index in [4.69, 9.17) is 10.5 Å². The predicted molar refractivity (Wildman–Crippen MR) is 106 cm³/mol. The van der Waals surface area contributed by atoms with Crippen molar-refractivity contribution in [1.82, 2.24) is 15.6 Å². The van der Waals surface area contributed by atoms with Crippen LogP contribution in [0.2, 0.25) is 0 Å². The van der Waals surface area contributed by atoms with Crippen molar-refractivity contribution in [3.8, 4) is 0 Å². The molecule has 0 saturated heterocycles. The summed E-state index contributed by atoms with van der Waals surface area (Å²) in [7, 11) is 0. The molecule has 0 bridgehead atoms. The second kappa shape index (κ2) is 10.8. The summed E-state index contributed by atoms with van der Waals surface area (Å²) in [5.74, 6) is -2.99. The van der Waals surface area contributed by atoms with E-state index in [1.807, 2.05) is 0 Å². The second-order valence-electron chi connectivity index (χ2n) is 6.28. The molecule has 0 atom stereocenters. The number of quaternary nitrogens is 1. The maximum atomic E-state index is 13.0. The Hall–Kier alpha value is -4.06. The van der Waals surface area contributed by atoms with Crippen LogP contribution in [-0.2, 0) is 4.79 Å². The summed E-state index contributed by atoms with van der Waals surface area (Å²) < 4.78 is 39.0. The highest BCUT2D eigenvalue weighted by atomic mass is 19.4. The first-order valence-electron chi connectivity index (χ1n) is 9.11. The molecule has 2 rings (SSSR count). The van der Waals surface area contributed by atoms with E-state index in [0.717, 1.165) is 18.5 Å². The van der Waals surface area contributed by atoms with Crippen molar-refractivity contribution >= 4 is 29.2 Å². The normalized spacial score (nSPS) is 11.5. The number of rotatable bonds is 9. The minimum atomic E-state index is -5.02. The monoisotopic (exact) mass is 450 g/mol. The molecule has 0 unspecified atom stereocenters. The Morgan fingerprint density at radius 3 is 2.28 bits per heavy atom. The van der Waals surface area contributed by atoms with Gasteiger partial charge in [-0.3, -0.25) is 20.3 Å². The molecule has 6 N–H and O–H groups in total. The Balaban J connectivity index is 1.95. The average Bonchev–Trinajstić information content (AvgIpc) is 2.76. The number of carboxylic acids is 1. The third-order valence-electron chi connectivity index (χ3n) is 3.98. The van der Waals surface area contributed by atoms with Crippen molar-refractivity contribution in [3.63, 3.8) is 0 Å². The van der Waals surface area contributed by atoms with E-state index in [9.17, 15) is 27.6 Å². The maximum absolute atomic E-state index is 13.0. The summed E-state index contributed by atoms with van der Waals surface area (Å²) in [4.78, 5) is 38.6. The standard InChI is InChI=1S/C20H18F3N5O4/c21-20(22,23)16(24)14(11-27-13-4-2-1-3-5-13)18(30)26-9-8-25-17(29)12-6-7-15(19(31)32)28-10-12/h1-7,10-11,24,27H,8-9H2,(H,25,29)(H,26,30)(H,31,32)/p+1/b14-11+,24-16?. The molecule has 1 aromatic heterocycles. The zero-order valence-electron chi connectivity index (χ0n) is 16.4. The Morgan fingerprint density at radius 1 is 1.06 bits per heavy atom. The van der Waals surface area contributed by atoms with Crippen LogP contribution in [0.5, 0.6) is 0 Å². The van der Waals surface area contributed by atoms with Crippen LogP contribution in [0, 0.1) is 5.41 Å². The van der Waals surface area contributed by atoms with E-state index < -0.39 is 35.2 Å². The number of aromatic nitrogens is 1. The number of nitrogens with two attached hydrogens (primary N) is 1. The largest absolute Gasteiger partial charge is 0.477 e. The molecule has 2 amide bonds. The molecular weight excluding hydrogens is 431 g/mol. The number of benzene rings is 1. The van der Waals surface area contributed by atoms with Crippen molar-refractivity contribution in [3.05, 3.63) is 71.7 Å². The van der Waals surface area contributed by atoms with Gasteiger partial charge in [0.15, 0.2) is 5.71 Å². The average molecular weight is 450 g/mol. The van der Waals surface area contributed by atoms with Gasteiger partial charge in [-0.1, -0.05) is 18.2 Å². The zero-order valence-corrected chi connectivity index (χ0v) is 16.4. The molecule has 9 nitrogen and oxygen atoms in total. The summed E-state index contributed by atoms with van der Waals surface area (Å²) in [5, 5.41) is 22.0. The van der Waals surface area contributed by atoms with Crippen molar-refractivity contribution in [2.24, 2.45) is 0 Å². The molecular formula is C20H19F3N5O4+. The second-order valence-corrected chi connectivity index (χ2v) is 6.28. The minimum Gasteiger partial charge on any atom is -0.477 e. The third kappa shape index (κ3) is 7.02. The zero-order chi connectivity index (χ0) is 23.7. The van der Waals surface area contributed by atoms with Crippen molar-refractivity contribution in [2.45, 2.75) is 6.18 Å². The number of hydrogen-bond acceptors (Lipinski definition) is 5. The molecule has 1 heterocycles. The number of hydrogen-bond donors (Lipinski definition) is 5. The molecule has 0 saturated carbocycles. The van der Waals surface area contributed by atoms with Gasteiger partial charge in [-0.05, 0) is 24.3 Å². The molecule has 0 aliphatic heterocycles. The van der Waals surface area contributed by atoms with Crippen LogP contribution in [0.15, 0.2) is 60.4 Å². The smallest absolute Gasteiger partial charge is 0.433 e. The molecule has 2 aromatic rings. The number of para-hydroxylation sites is 1. The fourth-order valence-electron chi connectivity index (χ4n) is 2.37. The lowest BCUT2D eigenvalue weighted by Gasteiger charge is -2.12. The molecule has 0 fully saturated rings. The highest BCUT2D eigenvalue weighted by Crippen LogP contribution is 2.20. The first kappa shape index (κ1) is 24.2. The Kier molecular flexibility index (Phi) is 8.18. The van der Waals surface area contributed by atoms with Gasteiger partial charge in [0, 0.05) is 19.3 Å². The Morgan fingerprint density at radius 2 is 1.72 bits per heavy atom. The lowest BCUT2D eigenvalue weighted by Crippen LogP contribution is -2.72. The van der Waals surface area contributed by atoms with Gasteiger partial charge in [-0.2, -0.15) is 13.2 Å². The molecule has 0 aliphatic carbocycles. The van der Waals surface area contributed by atoms with Gasteiger partial charge >= 0.3 is 12.1 Å². The molecule has 168 valence electrons. The molecule has 0 spiro atoms. The summed E-state index contributed by atoms with van der Waals surface area (Å²) >= 11 is 0. The van der Waals surface area contributed by atoms with Crippen LogP contribution in [-0.4, -0.2) is 52.9 Å². The van der Waals surface area contributed by atoms with E-state index in [1.54, 1.807) is 30.3 Å². The predicted octanol–water partition coefficient (Wildman–Crippen LogP) is 0.987. The first-order valence-corrected chi connectivity index (χ1v) is 9.11. The number of pyridine rings is 1. The van der Waals surface area contributed by atoms with Gasteiger partial charge in [0.25, 0.3) is 11.8 Å². The van der Waals surface area contributed by atoms with Crippen LogP contribution in [0.25, 0.3) is 0 Å². The molecule has 0 radical (unpaired) electrons. The molecule has 0 aliphatic rings. The number of carbonyl (C=O) groups is 3. The van der Waals surface area contributed by atoms with E-state index >= 15 is 0 Å². The fraction of sp³-hybridized carbons (Fsp3) is 0.150. The van der Waals surface area contributed by atoms with Gasteiger partial charge in [0.05, 0.1) is 5.56 Å². The summed E-state index contributed by atoms with van der Waals surface area (Å²) in [6, 6.07) is 10.7. The van der Waals surface area contributed by atoms with Gasteiger partial charge in [-0.15, -0.1) is 0 Å². The van der Waals surface area contributed by atoms with Crippen LogP contribution in [0.4, 0.5) is 18.9 Å². The van der Waals surface area contributed by atoms with E-state index in [-0.39, 0.29) is 24.3 Å². The third-order valence-corrected chi connectivity index (χ3v) is 3.98. The van der Waals surface area contributed by atoms with Crippen LogP contribution < -0.4 is 16.0 Å². The summed E-state index contributed by atoms with van der Waals surface area (Å²) in [6.07, 6.45) is -3.05. The highest BCUT2D eigenvalue weighted by Gasteiger charge is 2.39. The summed E-state index contributed by atoms with van der Waals surface area (Å²) in [5.41, 5.74) is -2.30. The molecule has 1 aromatic carbocycles.